The molecule has 0 amide bonds. The SMILES string of the molecule is CCCC[C@@H](O)[C@@H](N)c1cc(Br)c(O)c(Br)c1. The van der Waals surface area contributed by atoms with Gasteiger partial charge in [-0.3, -0.25) is 0 Å². The number of rotatable bonds is 5. The molecule has 0 heterocycles. The van der Waals surface area contributed by atoms with Gasteiger partial charge in [0.1, 0.15) is 5.75 Å². The second kappa shape index (κ2) is 6.73. The maximum Gasteiger partial charge on any atom is 0.143 e. The van der Waals surface area contributed by atoms with Crippen LogP contribution >= 0.6 is 31.9 Å². The largest absolute Gasteiger partial charge is 0.506 e. The summed E-state index contributed by atoms with van der Waals surface area (Å²) in [5.41, 5.74) is 6.79. The quantitative estimate of drug-likeness (QED) is 0.747. The summed E-state index contributed by atoms with van der Waals surface area (Å²) in [7, 11) is 0. The zero-order valence-corrected chi connectivity index (χ0v) is 12.8. The Hall–Kier alpha value is -0.100. The zero-order valence-electron chi connectivity index (χ0n) is 9.66. The van der Waals surface area contributed by atoms with Crippen LogP contribution in [0.4, 0.5) is 0 Å². The third-order valence-corrected chi connectivity index (χ3v) is 3.90. The van der Waals surface area contributed by atoms with Gasteiger partial charge in [-0.15, -0.1) is 0 Å². The summed E-state index contributed by atoms with van der Waals surface area (Å²) in [5, 5.41) is 19.5. The summed E-state index contributed by atoms with van der Waals surface area (Å²) in [6, 6.07) is 3.04. The number of nitrogens with two attached hydrogens (primary N) is 1. The van der Waals surface area contributed by atoms with E-state index in [0.29, 0.717) is 15.4 Å². The average molecular weight is 367 g/mol. The molecule has 0 saturated heterocycles. The predicted octanol–water partition coefficient (Wildman–Crippen LogP) is 3.47. The highest BCUT2D eigenvalue weighted by molar-refractivity contribution is 9.11. The molecule has 0 aromatic heterocycles. The summed E-state index contributed by atoms with van der Waals surface area (Å²) in [5.74, 6) is 0.143. The Morgan fingerprint density at radius 3 is 2.29 bits per heavy atom. The normalized spacial score (nSPS) is 14.6. The number of phenols is 1. The molecule has 0 aliphatic carbocycles. The Morgan fingerprint density at radius 2 is 1.82 bits per heavy atom. The van der Waals surface area contributed by atoms with Crippen molar-refractivity contribution in [2.24, 2.45) is 5.73 Å². The Balaban J connectivity index is 2.85. The van der Waals surface area contributed by atoms with Crippen LogP contribution in [0.3, 0.4) is 0 Å². The van der Waals surface area contributed by atoms with Crippen molar-refractivity contribution >= 4 is 31.9 Å². The number of unbranched alkanes of at least 4 members (excludes halogenated alkanes) is 1. The molecule has 3 nitrogen and oxygen atoms in total. The van der Waals surface area contributed by atoms with E-state index in [0.717, 1.165) is 18.4 Å². The minimum absolute atomic E-state index is 0.143. The molecule has 96 valence electrons. The summed E-state index contributed by atoms with van der Waals surface area (Å²) in [6.07, 6.45) is 2.12. The van der Waals surface area contributed by atoms with E-state index in [1.807, 2.05) is 0 Å². The Labute approximate surface area is 118 Å². The molecule has 0 saturated carbocycles. The molecule has 0 spiro atoms. The van der Waals surface area contributed by atoms with Crippen LogP contribution in [0.25, 0.3) is 0 Å². The molecule has 17 heavy (non-hydrogen) atoms. The number of aromatic hydroxyl groups is 1. The van der Waals surface area contributed by atoms with Gasteiger partial charge in [0.05, 0.1) is 21.1 Å². The molecule has 2 atom stereocenters. The zero-order chi connectivity index (χ0) is 13.0. The first-order valence-corrected chi connectivity index (χ1v) is 7.17. The van der Waals surface area contributed by atoms with Crippen LogP contribution in [-0.4, -0.2) is 16.3 Å². The number of aliphatic hydroxyl groups is 1. The van der Waals surface area contributed by atoms with Crippen molar-refractivity contribution in [3.8, 4) is 5.75 Å². The minimum Gasteiger partial charge on any atom is -0.506 e. The maximum absolute atomic E-state index is 9.94. The first kappa shape index (κ1) is 15.0. The third kappa shape index (κ3) is 3.95. The lowest BCUT2D eigenvalue weighted by molar-refractivity contribution is 0.132. The molecule has 1 aromatic rings. The van der Waals surface area contributed by atoms with Crippen LogP contribution in [0.2, 0.25) is 0 Å². The maximum atomic E-state index is 9.94. The summed E-state index contributed by atoms with van der Waals surface area (Å²) in [4.78, 5) is 0. The van der Waals surface area contributed by atoms with Gasteiger partial charge in [-0.25, -0.2) is 0 Å². The van der Waals surface area contributed by atoms with E-state index in [2.05, 4.69) is 38.8 Å². The van der Waals surface area contributed by atoms with Gasteiger partial charge in [0.15, 0.2) is 0 Å². The summed E-state index contributed by atoms with van der Waals surface area (Å²) < 4.78 is 1.14. The van der Waals surface area contributed by atoms with E-state index in [1.54, 1.807) is 12.1 Å². The topological polar surface area (TPSA) is 66.5 Å². The molecular formula is C12H17Br2NO2. The van der Waals surface area contributed by atoms with Crippen molar-refractivity contribution in [3.63, 3.8) is 0 Å². The Morgan fingerprint density at radius 1 is 1.29 bits per heavy atom. The second-order valence-corrected chi connectivity index (χ2v) is 5.78. The van der Waals surface area contributed by atoms with E-state index in [1.165, 1.54) is 0 Å². The van der Waals surface area contributed by atoms with E-state index < -0.39 is 12.1 Å². The molecule has 1 aromatic carbocycles. The van der Waals surface area contributed by atoms with E-state index in [4.69, 9.17) is 5.73 Å². The van der Waals surface area contributed by atoms with Crippen molar-refractivity contribution in [1.29, 1.82) is 0 Å². The van der Waals surface area contributed by atoms with E-state index in [9.17, 15) is 10.2 Å². The summed E-state index contributed by atoms with van der Waals surface area (Å²) in [6.45, 7) is 2.08. The highest BCUT2D eigenvalue weighted by Crippen LogP contribution is 2.35. The highest BCUT2D eigenvalue weighted by atomic mass is 79.9. The van der Waals surface area contributed by atoms with Crippen LogP contribution in [-0.2, 0) is 0 Å². The number of benzene rings is 1. The van der Waals surface area contributed by atoms with Gasteiger partial charge in [-0.2, -0.15) is 0 Å². The lowest BCUT2D eigenvalue weighted by Gasteiger charge is -2.20. The van der Waals surface area contributed by atoms with Gasteiger partial charge in [0, 0.05) is 0 Å². The molecule has 0 aliphatic heterocycles. The van der Waals surface area contributed by atoms with Crippen molar-refractivity contribution in [1.82, 2.24) is 0 Å². The fourth-order valence-corrected chi connectivity index (χ4v) is 2.81. The second-order valence-electron chi connectivity index (χ2n) is 4.07. The lowest BCUT2D eigenvalue weighted by atomic mass is 9.98. The van der Waals surface area contributed by atoms with Crippen molar-refractivity contribution in [3.05, 3.63) is 26.6 Å². The molecular weight excluding hydrogens is 350 g/mol. The molecule has 0 bridgehead atoms. The van der Waals surface area contributed by atoms with Crippen LogP contribution in [0, 0.1) is 0 Å². The van der Waals surface area contributed by atoms with Gasteiger partial charge < -0.3 is 15.9 Å². The molecule has 0 fully saturated rings. The minimum atomic E-state index is -0.557. The van der Waals surface area contributed by atoms with Gasteiger partial charge in [-0.1, -0.05) is 19.8 Å². The first-order chi connectivity index (χ1) is 7.97. The van der Waals surface area contributed by atoms with Gasteiger partial charge in [-0.05, 0) is 56.0 Å². The number of phenolic OH excluding ortho intramolecular Hbond substituents is 1. The average Bonchev–Trinajstić information content (AvgIpc) is 2.31. The van der Waals surface area contributed by atoms with Gasteiger partial charge in [0.25, 0.3) is 0 Å². The molecule has 0 radical (unpaired) electrons. The molecule has 0 unspecified atom stereocenters. The van der Waals surface area contributed by atoms with Crippen LogP contribution < -0.4 is 5.73 Å². The van der Waals surface area contributed by atoms with Crippen molar-refractivity contribution in [2.45, 2.75) is 38.3 Å². The molecule has 4 N–H and O–H groups in total. The third-order valence-electron chi connectivity index (χ3n) is 2.69. The molecule has 0 aliphatic rings. The standard InChI is InChI=1S/C12H17Br2NO2/c1-2-3-4-10(16)11(15)7-5-8(13)12(17)9(14)6-7/h5-6,10-11,16-17H,2-4,15H2,1H3/t10-,11+/m1/s1. The van der Waals surface area contributed by atoms with Crippen molar-refractivity contribution < 1.29 is 10.2 Å². The Bertz CT molecular complexity index is 362. The van der Waals surface area contributed by atoms with Crippen molar-refractivity contribution in [2.75, 3.05) is 0 Å². The molecule has 5 heteroatoms. The number of aliphatic hydroxyl groups excluding tert-OH is 1. The fraction of sp³-hybridized carbons (Fsp3) is 0.500. The fourth-order valence-electron chi connectivity index (χ4n) is 1.59. The lowest BCUT2D eigenvalue weighted by Crippen LogP contribution is -2.26. The number of hydrogen-bond donors (Lipinski definition) is 3. The van der Waals surface area contributed by atoms with Crippen LogP contribution in [0.5, 0.6) is 5.75 Å². The monoisotopic (exact) mass is 365 g/mol. The smallest absolute Gasteiger partial charge is 0.143 e. The molecule has 1 rings (SSSR count). The predicted molar refractivity (Wildman–Crippen MR) is 76.0 cm³/mol. The van der Waals surface area contributed by atoms with Crippen LogP contribution in [0.15, 0.2) is 21.1 Å². The van der Waals surface area contributed by atoms with Crippen LogP contribution in [0.1, 0.15) is 37.8 Å². The van der Waals surface area contributed by atoms with Gasteiger partial charge in [0.2, 0.25) is 0 Å². The van der Waals surface area contributed by atoms with Gasteiger partial charge >= 0.3 is 0 Å². The number of halogens is 2. The van der Waals surface area contributed by atoms with E-state index >= 15 is 0 Å². The van der Waals surface area contributed by atoms with E-state index in [-0.39, 0.29) is 5.75 Å². The Kier molecular flexibility index (Phi) is 5.92. The first-order valence-electron chi connectivity index (χ1n) is 5.59. The number of hydrogen-bond acceptors (Lipinski definition) is 3. The summed E-state index contributed by atoms with van der Waals surface area (Å²) >= 11 is 6.50. The highest BCUT2D eigenvalue weighted by Gasteiger charge is 2.18.